The summed E-state index contributed by atoms with van der Waals surface area (Å²) in [5, 5.41) is 19.9. The average molecular weight is 714 g/mol. The SMILES string of the molecule is Cc1cc(C(F)(F)F)ccc1NC1ON1[C@H]1CCc2c(N3CCN(C(=O)c4nccc(Cl)c4O)CC3)c(=O)n3nc(C4=CCOCC4)nc3n21. The topological polar surface area (TPSA) is 146 Å². The zero-order valence-electron chi connectivity index (χ0n) is 26.7. The lowest BCUT2D eigenvalue weighted by molar-refractivity contribution is -0.137. The Hall–Kier alpha value is -4.71. The number of aryl methyl sites for hydroxylation is 1. The van der Waals surface area contributed by atoms with Gasteiger partial charge in [0, 0.05) is 38.1 Å². The summed E-state index contributed by atoms with van der Waals surface area (Å²) in [5.41, 5.74) is 1.76. The van der Waals surface area contributed by atoms with Gasteiger partial charge in [0.25, 0.3) is 11.5 Å². The van der Waals surface area contributed by atoms with Crippen LogP contribution in [0.2, 0.25) is 5.02 Å². The van der Waals surface area contributed by atoms with Crippen LogP contribution >= 0.6 is 11.6 Å². The van der Waals surface area contributed by atoms with E-state index in [-0.39, 0.29) is 35.1 Å². The minimum absolute atomic E-state index is 0.0273. The Morgan fingerprint density at radius 3 is 2.66 bits per heavy atom. The van der Waals surface area contributed by atoms with E-state index in [2.05, 4.69) is 15.4 Å². The summed E-state index contributed by atoms with van der Waals surface area (Å²) >= 11 is 6.00. The fraction of sp³-hybridized carbons (Fsp3) is 0.406. The number of hydroxylamine groups is 2. The van der Waals surface area contributed by atoms with Crippen molar-refractivity contribution in [2.45, 2.75) is 44.9 Å². The molecule has 3 atom stereocenters. The molecule has 0 radical (unpaired) electrons. The highest BCUT2D eigenvalue weighted by Crippen LogP contribution is 2.42. The molecule has 2 saturated heterocycles. The summed E-state index contributed by atoms with van der Waals surface area (Å²) in [7, 11) is 0. The first kappa shape index (κ1) is 32.5. The van der Waals surface area contributed by atoms with E-state index in [0.717, 1.165) is 23.4 Å². The summed E-state index contributed by atoms with van der Waals surface area (Å²) < 4.78 is 48.4. The van der Waals surface area contributed by atoms with Gasteiger partial charge in [0.1, 0.15) is 11.9 Å². The van der Waals surface area contributed by atoms with E-state index >= 15 is 0 Å². The number of aromatic hydroxyl groups is 1. The fourth-order valence-electron chi connectivity index (χ4n) is 6.84. The maximum absolute atomic E-state index is 14.2. The molecule has 0 spiro atoms. The molecule has 1 amide bonds. The van der Waals surface area contributed by atoms with Gasteiger partial charge in [0.2, 0.25) is 12.1 Å². The number of nitrogens with zero attached hydrogens (tertiary/aromatic N) is 8. The second-order valence-corrected chi connectivity index (χ2v) is 12.9. The van der Waals surface area contributed by atoms with E-state index in [4.69, 9.17) is 26.2 Å². The number of hydrogen-bond donors (Lipinski definition) is 2. The molecule has 50 heavy (non-hydrogen) atoms. The smallest absolute Gasteiger partial charge is 0.416 e. The van der Waals surface area contributed by atoms with Gasteiger partial charge in [0.05, 0.1) is 29.5 Å². The molecular formula is C32H31ClF3N9O5. The quantitative estimate of drug-likeness (QED) is 0.281. The number of fused-ring (bicyclic) bond motifs is 3. The first-order valence-electron chi connectivity index (χ1n) is 16.1. The summed E-state index contributed by atoms with van der Waals surface area (Å²) in [6.07, 6.45) is -0.563. The predicted octanol–water partition coefficient (Wildman–Crippen LogP) is 3.83. The number of alkyl halides is 3. The van der Waals surface area contributed by atoms with Gasteiger partial charge in [0.15, 0.2) is 17.3 Å². The van der Waals surface area contributed by atoms with Gasteiger partial charge >= 0.3 is 6.18 Å². The lowest BCUT2D eigenvalue weighted by Crippen LogP contribution is -2.50. The lowest BCUT2D eigenvalue weighted by Gasteiger charge is -2.36. The average Bonchev–Trinajstić information content (AvgIpc) is 3.49. The van der Waals surface area contributed by atoms with Crippen LogP contribution in [-0.4, -0.2) is 90.9 Å². The first-order chi connectivity index (χ1) is 24.0. The Labute approximate surface area is 287 Å². The Morgan fingerprint density at radius 2 is 1.94 bits per heavy atom. The molecule has 7 heterocycles. The predicted molar refractivity (Wildman–Crippen MR) is 174 cm³/mol. The highest BCUT2D eigenvalue weighted by atomic mass is 35.5. The summed E-state index contributed by atoms with van der Waals surface area (Å²) in [5.74, 6) is -0.0773. The van der Waals surface area contributed by atoms with Crippen molar-refractivity contribution in [1.29, 1.82) is 0 Å². The molecule has 262 valence electrons. The Balaban J connectivity index is 1.10. The van der Waals surface area contributed by atoms with Crippen molar-refractivity contribution in [3.05, 3.63) is 80.3 Å². The van der Waals surface area contributed by atoms with E-state index in [1.807, 2.05) is 15.5 Å². The normalized spacial score (nSPS) is 22.1. The molecule has 0 saturated carbocycles. The van der Waals surface area contributed by atoms with Crippen LogP contribution in [0.5, 0.6) is 5.75 Å². The number of halogens is 4. The number of aromatic nitrogens is 5. The van der Waals surface area contributed by atoms with Gasteiger partial charge in [-0.1, -0.05) is 17.7 Å². The number of rotatable bonds is 6. The zero-order chi connectivity index (χ0) is 34.9. The molecule has 4 aliphatic heterocycles. The third kappa shape index (κ3) is 5.63. The Bertz CT molecular complexity index is 2110. The van der Waals surface area contributed by atoms with Crippen molar-refractivity contribution in [2.75, 3.05) is 49.6 Å². The molecule has 4 aromatic rings. The minimum atomic E-state index is -4.45. The van der Waals surface area contributed by atoms with Gasteiger partial charge in [-0.05, 0) is 61.6 Å². The van der Waals surface area contributed by atoms with Crippen LogP contribution in [0.1, 0.15) is 52.1 Å². The first-order valence-corrected chi connectivity index (χ1v) is 16.5. The van der Waals surface area contributed by atoms with Gasteiger partial charge in [-0.3, -0.25) is 14.2 Å². The number of anilines is 2. The van der Waals surface area contributed by atoms with Gasteiger partial charge in [-0.2, -0.15) is 22.7 Å². The largest absolute Gasteiger partial charge is 0.504 e. The minimum Gasteiger partial charge on any atom is -0.504 e. The van der Waals surface area contributed by atoms with Gasteiger partial charge < -0.3 is 25.0 Å². The van der Waals surface area contributed by atoms with Crippen molar-refractivity contribution in [3.63, 3.8) is 0 Å². The maximum atomic E-state index is 14.2. The van der Waals surface area contributed by atoms with Crippen LogP contribution < -0.4 is 15.8 Å². The molecule has 8 rings (SSSR count). The number of hydrogen-bond acceptors (Lipinski definition) is 11. The van der Waals surface area contributed by atoms with E-state index in [1.54, 1.807) is 16.9 Å². The molecule has 1 aromatic carbocycles. The van der Waals surface area contributed by atoms with E-state index in [9.17, 15) is 27.9 Å². The molecule has 2 fully saturated rings. The summed E-state index contributed by atoms with van der Waals surface area (Å²) in [6, 6.07) is 4.89. The van der Waals surface area contributed by atoms with Gasteiger partial charge in [-0.25, -0.2) is 9.82 Å². The molecule has 14 nitrogen and oxygen atoms in total. The lowest BCUT2D eigenvalue weighted by atomic mass is 10.1. The molecule has 0 aliphatic carbocycles. The molecule has 3 aromatic heterocycles. The van der Waals surface area contributed by atoms with Crippen LogP contribution in [-0.2, 0) is 22.2 Å². The number of ether oxygens (including phenoxy) is 1. The van der Waals surface area contributed by atoms with E-state index in [1.165, 1.54) is 22.8 Å². The molecule has 2 unspecified atom stereocenters. The standard InChI is InChI=1S/C32H31ClF3N9O5/c1-17-16-19(32(34,35)36)2-3-21(17)38-31-45(50-31)23-5-4-22-25(29(48)44-30(43(22)23)39-27(40-44)18-7-14-49-15-8-18)41-10-12-42(13-11-41)28(47)24-26(46)20(33)6-9-37-24/h2-3,6-7,9,16,23,31,38,46H,4-5,8,10-15H2,1H3/t23-,31?,45?/m0/s1. The highest BCUT2D eigenvalue weighted by molar-refractivity contribution is 6.32. The van der Waals surface area contributed by atoms with Crippen molar-refractivity contribution in [1.82, 2.24) is 34.1 Å². The maximum Gasteiger partial charge on any atom is 0.416 e. The van der Waals surface area contributed by atoms with Crippen LogP contribution in [0, 0.1) is 6.92 Å². The molecule has 2 N–H and O–H groups in total. The monoisotopic (exact) mass is 713 g/mol. The number of carbonyl (C=O) groups is 1. The van der Waals surface area contributed by atoms with Crippen LogP contribution in [0.4, 0.5) is 24.5 Å². The third-order valence-corrected chi connectivity index (χ3v) is 9.75. The highest BCUT2D eigenvalue weighted by Gasteiger charge is 2.48. The molecule has 4 aliphatic rings. The fourth-order valence-corrected chi connectivity index (χ4v) is 6.98. The summed E-state index contributed by atoms with van der Waals surface area (Å²) in [4.78, 5) is 45.7. The van der Waals surface area contributed by atoms with Crippen molar-refractivity contribution in [2.24, 2.45) is 0 Å². The van der Waals surface area contributed by atoms with E-state index < -0.39 is 30.2 Å². The van der Waals surface area contributed by atoms with Crippen molar-refractivity contribution >= 4 is 40.2 Å². The molecule has 18 heteroatoms. The second kappa shape index (κ2) is 12.3. The number of carbonyl (C=O) groups excluding carboxylic acids is 1. The molecule has 0 bridgehead atoms. The third-order valence-electron chi connectivity index (χ3n) is 9.45. The van der Waals surface area contributed by atoms with Crippen LogP contribution in [0.3, 0.4) is 0 Å². The Kier molecular flexibility index (Phi) is 7.97. The number of pyridine rings is 1. The molecular weight excluding hydrogens is 683 g/mol. The van der Waals surface area contributed by atoms with Gasteiger partial charge in [-0.15, -0.1) is 10.2 Å². The number of amides is 1. The zero-order valence-corrected chi connectivity index (χ0v) is 27.4. The van der Waals surface area contributed by atoms with E-state index in [0.29, 0.717) is 74.1 Å². The number of piperazine rings is 1. The van der Waals surface area contributed by atoms with Crippen LogP contribution in [0.25, 0.3) is 11.4 Å². The van der Waals surface area contributed by atoms with Crippen molar-refractivity contribution in [3.8, 4) is 5.75 Å². The summed E-state index contributed by atoms with van der Waals surface area (Å²) in [6.45, 7) is 3.69. The van der Waals surface area contributed by atoms with Crippen LogP contribution in [0.15, 0.2) is 41.3 Å². The number of nitrogens with one attached hydrogen (secondary N) is 1. The number of benzene rings is 1. The Morgan fingerprint density at radius 1 is 1.14 bits per heavy atom. The van der Waals surface area contributed by atoms with Crippen molar-refractivity contribution < 1.29 is 32.6 Å². The second-order valence-electron chi connectivity index (χ2n) is 12.4.